The Labute approximate surface area is 145 Å². The molecule has 0 aliphatic carbocycles. The first-order valence-corrected chi connectivity index (χ1v) is 8.82. The van der Waals surface area contributed by atoms with Crippen LogP contribution < -0.4 is 10.1 Å². The summed E-state index contributed by atoms with van der Waals surface area (Å²) in [5, 5.41) is 12.0. The molecule has 1 amide bonds. The third-order valence-corrected chi connectivity index (χ3v) is 4.81. The average molecular weight is 344 g/mol. The summed E-state index contributed by atoms with van der Waals surface area (Å²) >= 11 is 1.38. The average Bonchev–Trinajstić information content (AvgIpc) is 2.94. The minimum atomic E-state index is -0.0208. The number of nitrogens with zero attached hydrogens (tertiary/aromatic N) is 3. The molecular formula is C17H20N4O2S. The maximum absolute atomic E-state index is 12.3. The van der Waals surface area contributed by atoms with Gasteiger partial charge < -0.3 is 14.6 Å². The zero-order valence-electron chi connectivity index (χ0n) is 13.6. The van der Waals surface area contributed by atoms with Crippen LogP contribution in [0.3, 0.4) is 0 Å². The fourth-order valence-electron chi connectivity index (χ4n) is 2.67. The van der Waals surface area contributed by atoms with Gasteiger partial charge in [0.2, 0.25) is 5.91 Å². The van der Waals surface area contributed by atoms with Gasteiger partial charge in [0.05, 0.1) is 18.4 Å². The van der Waals surface area contributed by atoms with Crippen LogP contribution in [0.2, 0.25) is 0 Å². The molecular weight excluding hydrogens is 324 g/mol. The number of aromatic nitrogens is 3. The Kier molecular flexibility index (Phi) is 5.20. The molecule has 126 valence electrons. The lowest BCUT2D eigenvalue weighted by atomic mass is 10.0. The molecule has 0 bridgehead atoms. The van der Waals surface area contributed by atoms with Crippen molar-refractivity contribution in [1.29, 1.82) is 0 Å². The van der Waals surface area contributed by atoms with Crippen molar-refractivity contribution in [3.63, 3.8) is 0 Å². The van der Waals surface area contributed by atoms with E-state index in [0.717, 1.165) is 28.7 Å². The fourth-order valence-corrected chi connectivity index (χ4v) is 3.47. The summed E-state index contributed by atoms with van der Waals surface area (Å²) in [4.78, 5) is 12.3. The summed E-state index contributed by atoms with van der Waals surface area (Å²) in [5.74, 6) is 1.95. The number of benzene rings is 1. The van der Waals surface area contributed by atoms with Crippen molar-refractivity contribution < 1.29 is 9.53 Å². The van der Waals surface area contributed by atoms with Crippen LogP contribution >= 0.6 is 11.8 Å². The van der Waals surface area contributed by atoms with Crippen LogP contribution in [0.5, 0.6) is 5.75 Å². The highest BCUT2D eigenvalue weighted by atomic mass is 32.2. The number of carbonyl (C=O) groups is 1. The molecule has 1 N–H and O–H groups in total. The van der Waals surface area contributed by atoms with E-state index in [1.165, 1.54) is 11.8 Å². The molecule has 1 atom stereocenters. The minimum absolute atomic E-state index is 0.00386. The number of nitrogens with one attached hydrogen (secondary N) is 1. The number of hydrogen-bond acceptors (Lipinski definition) is 5. The van der Waals surface area contributed by atoms with Gasteiger partial charge in [0.15, 0.2) is 5.16 Å². The van der Waals surface area contributed by atoms with Crippen molar-refractivity contribution in [1.82, 2.24) is 20.1 Å². The van der Waals surface area contributed by atoms with Crippen LogP contribution in [0.25, 0.3) is 0 Å². The van der Waals surface area contributed by atoms with E-state index in [0.29, 0.717) is 18.9 Å². The lowest BCUT2D eigenvalue weighted by molar-refractivity contribution is -0.119. The molecule has 6 nitrogen and oxygen atoms in total. The smallest absolute Gasteiger partial charge is 0.230 e. The second-order valence-electron chi connectivity index (χ2n) is 5.51. The largest absolute Gasteiger partial charge is 0.493 e. The van der Waals surface area contributed by atoms with E-state index in [1.54, 1.807) is 6.08 Å². The molecule has 1 aromatic carbocycles. The molecule has 24 heavy (non-hydrogen) atoms. The Morgan fingerprint density at radius 2 is 2.33 bits per heavy atom. The fraction of sp³-hybridized carbons (Fsp3) is 0.353. The molecule has 2 aromatic rings. The Morgan fingerprint density at radius 3 is 3.17 bits per heavy atom. The minimum Gasteiger partial charge on any atom is -0.493 e. The van der Waals surface area contributed by atoms with Crippen LogP contribution in [0.15, 0.2) is 42.1 Å². The Balaban J connectivity index is 1.60. The maximum Gasteiger partial charge on any atom is 0.230 e. The molecule has 0 spiro atoms. The Bertz CT molecular complexity index is 744. The predicted octanol–water partition coefficient (Wildman–Crippen LogP) is 2.50. The number of ether oxygens (including phenoxy) is 1. The van der Waals surface area contributed by atoms with Crippen LogP contribution in [0.1, 0.15) is 23.9 Å². The first kappa shape index (κ1) is 16.6. The maximum atomic E-state index is 12.3. The van der Waals surface area contributed by atoms with E-state index in [1.807, 2.05) is 35.8 Å². The molecule has 0 radical (unpaired) electrons. The summed E-state index contributed by atoms with van der Waals surface area (Å²) in [6.07, 6.45) is 2.57. The van der Waals surface area contributed by atoms with Gasteiger partial charge in [-0.25, -0.2) is 0 Å². The highest BCUT2D eigenvalue weighted by Crippen LogP contribution is 2.31. The van der Waals surface area contributed by atoms with Gasteiger partial charge in [-0.05, 0) is 13.0 Å². The molecule has 2 heterocycles. The highest BCUT2D eigenvalue weighted by molar-refractivity contribution is 7.99. The topological polar surface area (TPSA) is 69.0 Å². The van der Waals surface area contributed by atoms with Crippen LogP contribution in [0, 0.1) is 6.92 Å². The molecule has 7 heteroatoms. The van der Waals surface area contributed by atoms with E-state index in [4.69, 9.17) is 4.74 Å². The zero-order chi connectivity index (χ0) is 16.9. The SMILES string of the molecule is C=CCn1c(C)nnc1SCC(=O)NC1CCOc2ccccc21. The third-order valence-electron chi connectivity index (χ3n) is 3.84. The number of amides is 1. The summed E-state index contributed by atoms with van der Waals surface area (Å²) in [7, 11) is 0. The molecule has 0 saturated carbocycles. The lowest BCUT2D eigenvalue weighted by Gasteiger charge is -2.26. The Morgan fingerprint density at radius 1 is 1.50 bits per heavy atom. The van der Waals surface area contributed by atoms with Crippen LogP contribution in [0.4, 0.5) is 0 Å². The number of carbonyl (C=O) groups excluding carboxylic acids is 1. The van der Waals surface area contributed by atoms with E-state index < -0.39 is 0 Å². The number of rotatable bonds is 6. The second-order valence-corrected chi connectivity index (χ2v) is 6.46. The van der Waals surface area contributed by atoms with Crippen molar-refractivity contribution in [3.05, 3.63) is 48.3 Å². The normalized spacial score (nSPS) is 16.1. The zero-order valence-corrected chi connectivity index (χ0v) is 14.4. The lowest BCUT2D eigenvalue weighted by Crippen LogP contribution is -2.33. The quantitative estimate of drug-likeness (QED) is 0.644. The number of para-hydroxylation sites is 1. The van der Waals surface area contributed by atoms with Gasteiger partial charge in [-0.2, -0.15) is 0 Å². The van der Waals surface area contributed by atoms with Crippen molar-refractivity contribution in [2.75, 3.05) is 12.4 Å². The molecule has 1 aliphatic heterocycles. The van der Waals surface area contributed by atoms with E-state index in [9.17, 15) is 4.79 Å². The molecule has 3 rings (SSSR count). The third kappa shape index (κ3) is 3.62. The van der Waals surface area contributed by atoms with Crippen LogP contribution in [-0.4, -0.2) is 33.0 Å². The first-order chi connectivity index (χ1) is 11.7. The molecule has 1 aromatic heterocycles. The van der Waals surface area contributed by atoms with Gasteiger partial charge in [-0.15, -0.1) is 16.8 Å². The number of allylic oxidation sites excluding steroid dienone is 1. The molecule has 0 saturated heterocycles. The van der Waals surface area contributed by atoms with E-state index >= 15 is 0 Å². The van der Waals surface area contributed by atoms with Gasteiger partial charge in [-0.3, -0.25) is 4.79 Å². The summed E-state index contributed by atoms with van der Waals surface area (Å²) in [5.41, 5.74) is 1.03. The second kappa shape index (κ2) is 7.53. The number of thioether (sulfide) groups is 1. The first-order valence-electron chi connectivity index (χ1n) is 7.83. The molecule has 1 aliphatic rings. The summed E-state index contributed by atoms with van der Waals surface area (Å²) in [6, 6.07) is 7.82. The van der Waals surface area contributed by atoms with Crippen molar-refractivity contribution in [3.8, 4) is 5.75 Å². The summed E-state index contributed by atoms with van der Waals surface area (Å²) < 4.78 is 7.56. The van der Waals surface area contributed by atoms with E-state index in [-0.39, 0.29) is 11.9 Å². The predicted molar refractivity (Wildman–Crippen MR) is 93.1 cm³/mol. The summed E-state index contributed by atoms with van der Waals surface area (Å²) in [6.45, 7) is 6.87. The van der Waals surface area contributed by atoms with Crippen molar-refractivity contribution in [2.24, 2.45) is 0 Å². The molecule has 1 unspecified atom stereocenters. The number of fused-ring (bicyclic) bond motifs is 1. The number of aryl methyl sites for hydroxylation is 1. The van der Waals surface area contributed by atoms with Crippen molar-refractivity contribution in [2.45, 2.75) is 31.1 Å². The Hall–Kier alpha value is -2.28. The van der Waals surface area contributed by atoms with Gasteiger partial charge >= 0.3 is 0 Å². The van der Waals surface area contributed by atoms with Crippen LogP contribution in [-0.2, 0) is 11.3 Å². The standard InChI is InChI=1S/C17H20N4O2S/c1-3-9-21-12(2)19-20-17(21)24-11-16(22)18-14-8-10-23-15-7-5-4-6-13(14)15/h3-7,14H,1,8-11H2,2H3,(H,18,22). The van der Waals surface area contributed by atoms with Crippen molar-refractivity contribution >= 4 is 17.7 Å². The van der Waals surface area contributed by atoms with Gasteiger partial charge in [-0.1, -0.05) is 36.0 Å². The van der Waals surface area contributed by atoms with Gasteiger partial charge in [0.25, 0.3) is 0 Å². The van der Waals surface area contributed by atoms with Gasteiger partial charge in [0, 0.05) is 18.5 Å². The van der Waals surface area contributed by atoms with Gasteiger partial charge in [0.1, 0.15) is 11.6 Å². The van der Waals surface area contributed by atoms with E-state index in [2.05, 4.69) is 22.1 Å². The highest BCUT2D eigenvalue weighted by Gasteiger charge is 2.22. The molecule has 0 fully saturated rings. The monoisotopic (exact) mass is 344 g/mol. The number of hydrogen-bond donors (Lipinski definition) is 1.